The van der Waals surface area contributed by atoms with Crippen molar-refractivity contribution < 1.29 is 18.7 Å². The lowest BCUT2D eigenvalue weighted by atomic mass is 10.2. The number of ether oxygens (including phenoxy) is 1. The highest BCUT2D eigenvalue weighted by molar-refractivity contribution is 9.10. The Morgan fingerprint density at radius 1 is 0.903 bits per heavy atom. The third kappa shape index (κ3) is 7.22. The molecular formula is C24H22BrFN2O3. The van der Waals surface area contributed by atoms with Gasteiger partial charge in [-0.3, -0.25) is 9.59 Å². The molecule has 5 nitrogen and oxygen atoms in total. The van der Waals surface area contributed by atoms with E-state index in [0.717, 1.165) is 22.9 Å². The quantitative estimate of drug-likeness (QED) is 0.466. The third-order valence-electron chi connectivity index (χ3n) is 4.45. The molecule has 0 unspecified atom stereocenters. The average molecular weight is 485 g/mol. The molecule has 2 N–H and O–H groups in total. The van der Waals surface area contributed by atoms with Crippen LogP contribution in [0.4, 0.5) is 4.39 Å². The second kappa shape index (κ2) is 11.3. The normalized spacial score (nSPS) is 10.4. The van der Waals surface area contributed by atoms with Crippen molar-refractivity contribution in [1.29, 1.82) is 0 Å². The van der Waals surface area contributed by atoms with Crippen molar-refractivity contribution in [1.82, 2.24) is 10.6 Å². The molecule has 0 atom stereocenters. The van der Waals surface area contributed by atoms with E-state index >= 15 is 0 Å². The Labute approximate surface area is 188 Å². The third-order valence-corrected chi connectivity index (χ3v) is 5.14. The maximum Gasteiger partial charge on any atom is 0.252 e. The summed E-state index contributed by atoms with van der Waals surface area (Å²) < 4.78 is 19.6. The molecule has 0 saturated heterocycles. The minimum Gasteiger partial charge on any atom is -0.489 e. The molecule has 0 aliphatic carbocycles. The van der Waals surface area contributed by atoms with Crippen LogP contribution in [0.25, 0.3) is 0 Å². The van der Waals surface area contributed by atoms with E-state index < -0.39 is 11.7 Å². The van der Waals surface area contributed by atoms with Crippen LogP contribution >= 0.6 is 15.9 Å². The van der Waals surface area contributed by atoms with Gasteiger partial charge in [0, 0.05) is 24.0 Å². The topological polar surface area (TPSA) is 67.4 Å². The van der Waals surface area contributed by atoms with E-state index in [-0.39, 0.29) is 24.4 Å². The zero-order valence-electron chi connectivity index (χ0n) is 16.7. The van der Waals surface area contributed by atoms with E-state index in [4.69, 9.17) is 4.74 Å². The Morgan fingerprint density at radius 3 is 2.48 bits per heavy atom. The Kier molecular flexibility index (Phi) is 8.18. The molecule has 0 aliphatic rings. The van der Waals surface area contributed by atoms with Gasteiger partial charge in [0.2, 0.25) is 5.91 Å². The minimum atomic E-state index is -0.499. The van der Waals surface area contributed by atoms with Gasteiger partial charge >= 0.3 is 0 Å². The van der Waals surface area contributed by atoms with Gasteiger partial charge in [-0.05, 0) is 57.4 Å². The molecule has 3 aromatic carbocycles. The van der Waals surface area contributed by atoms with Gasteiger partial charge in [0.25, 0.3) is 5.91 Å². The first kappa shape index (κ1) is 22.5. The zero-order valence-corrected chi connectivity index (χ0v) is 18.3. The molecule has 31 heavy (non-hydrogen) atoms. The van der Waals surface area contributed by atoms with Gasteiger partial charge in [0.05, 0.1) is 5.56 Å². The molecule has 0 saturated carbocycles. The molecule has 2 amide bonds. The minimum absolute atomic E-state index is 0.114. The number of nitrogens with one attached hydrogen (secondary N) is 2. The van der Waals surface area contributed by atoms with Crippen LogP contribution in [0, 0.1) is 5.82 Å². The first-order valence-corrected chi connectivity index (χ1v) is 10.6. The lowest BCUT2D eigenvalue weighted by Crippen LogP contribution is -2.30. The number of amides is 2. The molecule has 0 bridgehead atoms. The van der Waals surface area contributed by atoms with E-state index in [2.05, 4.69) is 26.6 Å². The fraction of sp³-hybridized carbons (Fsp3) is 0.167. The van der Waals surface area contributed by atoms with Crippen LogP contribution in [0.15, 0.2) is 77.3 Å². The van der Waals surface area contributed by atoms with Crippen molar-refractivity contribution in [3.8, 4) is 5.75 Å². The number of carbonyl (C=O) groups excluding carboxylic acids is 2. The molecule has 0 fully saturated rings. The smallest absolute Gasteiger partial charge is 0.252 e. The predicted octanol–water partition coefficient (Wildman–Crippen LogP) is 4.60. The Balaban J connectivity index is 1.41. The molecule has 0 spiro atoms. The summed E-state index contributed by atoms with van der Waals surface area (Å²) in [5.41, 5.74) is 2.17. The van der Waals surface area contributed by atoms with Gasteiger partial charge in [0.1, 0.15) is 18.2 Å². The van der Waals surface area contributed by atoms with Crippen molar-refractivity contribution in [3.63, 3.8) is 0 Å². The van der Waals surface area contributed by atoms with Crippen LogP contribution in [0.1, 0.15) is 27.9 Å². The lowest BCUT2D eigenvalue weighted by molar-refractivity contribution is -0.121. The number of rotatable bonds is 9. The van der Waals surface area contributed by atoms with E-state index in [1.54, 1.807) is 0 Å². The Morgan fingerprint density at radius 2 is 1.68 bits per heavy atom. The monoisotopic (exact) mass is 484 g/mol. The van der Waals surface area contributed by atoms with Crippen molar-refractivity contribution in [2.24, 2.45) is 0 Å². The molecule has 3 rings (SSSR count). The largest absolute Gasteiger partial charge is 0.489 e. The van der Waals surface area contributed by atoms with Gasteiger partial charge in [0.15, 0.2) is 0 Å². The van der Waals surface area contributed by atoms with Gasteiger partial charge in [-0.15, -0.1) is 0 Å². The maximum absolute atomic E-state index is 13.3. The first-order valence-electron chi connectivity index (χ1n) is 9.77. The first-order chi connectivity index (χ1) is 15.0. The van der Waals surface area contributed by atoms with Crippen molar-refractivity contribution in [2.75, 3.05) is 6.54 Å². The second-order valence-corrected chi connectivity index (χ2v) is 7.68. The molecule has 0 aliphatic heterocycles. The average Bonchev–Trinajstić information content (AvgIpc) is 2.79. The van der Waals surface area contributed by atoms with Crippen molar-refractivity contribution >= 4 is 27.7 Å². The summed E-state index contributed by atoms with van der Waals surface area (Å²) in [6.07, 6.45) is 0.114. The highest BCUT2D eigenvalue weighted by Gasteiger charge is 2.11. The molecule has 160 valence electrons. The van der Waals surface area contributed by atoms with E-state index in [1.165, 1.54) is 12.1 Å². The van der Waals surface area contributed by atoms with Crippen LogP contribution in [0.3, 0.4) is 0 Å². The molecular weight excluding hydrogens is 463 g/mol. The highest BCUT2D eigenvalue weighted by Crippen LogP contribution is 2.18. The lowest BCUT2D eigenvalue weighted by Gasteiger charge is -2.10. The second-order valence-electron chi connectivity index (χ2n) is 6.83. The number of halogens is 2. The summed E-state index contributed by atoms with van der Waals surface area (Å²) >= 11 is 3.22. The number of hydrogen-bond donors (Lipinski definition) is 2. The van der Waals surface area contributed by atoms with Crippen molar-refractivity contribution in [2.45, 2.75) is 19.6 Å². The van der Waals surface area contributed by atoms with E-state index in [1.807, 2.05) is 54.6 Å². The SMILES string of the molecule is O=C(CCNC(=O)c1cc(F)ccc1Br)NCc1cccc(OCc2ccccc2)c1. The van der Waals surface area contributed by atoms with Crippen LogP contribution in [0.5, 0.6) is 5.75 Å². The summed E-state index contributed by atoms with van der Waals surface area (Å²) in [6, 6.07) is 21.3. The number of benzene rings is 3. The number of hydrogen-bond acceptors (Lipinski definition) is 3. The van der Waals surface area contributed by atoms with Crippen molar-refractivity contribution in [3.05, 3.63) is 99.8 Å². The molecule has 0 aromatic heterocycles. The summed E-state index contributed by atoms with van der Waals surface area (Å²) in [5, 5.41) is 5.44. The van der Waals surface area contributed by atoms with E-state index in [0.29, 0.717) is 17.6 Å². The molecule has 0 radical (unpaired) electrons. The number of carbonyl (C=O) groups is 2. The Hall–Kier alpha value is -3.19. The van der Waals surface area contributed by atoms with Gasteiger partial charge in [-0.1, -0.05) is 42.5 Å². The fourth-order valence-corrected chi connectivity index (χ4v) is 3.26. The summed E-state index contributed by atoms with van der Waals surface area (Å²) in [7, 11) is 0. The summed E-state index contributed by atoms with van der Waals surface area (Å²) in [6.45, 7) is 0.969. The molecule has 3 aromatic rings. The summed E-state index contributed by atoms with van der Waals surface area (Å²) in [5.74, 6) is -0.415. The highest BCUT2D eigenvalue weighted by atomic mass is 79.9. The van der Waals surface area contributed by atoms with Gasteiger partial charge < -0.3 is 15.4 Å². The van der Waals surface area contributed by atoms with Gasteiger partial charge in [-0.25, -0.2) is 4.39 Å². The zero-order chi connectivity index (χ0) is 22.1. The molecule has 0 heterocycles. The van der Waals surface area contributed by atoms with Crippen LogP contribution in [-0.2, 0) is 17.9 Å². The van der Waals surface area contributed by atoms with Crippen LogP contribution in [-0.4, -0.2) is 18.4 Å². The fourth-order valence-electron chi connectivity index (χ4n) is 2.83. The van der Waals surface area contributed by atoms with Crippen LogP contribution < -0.4 is 15.4 Å². The van der Waals surface area contributed by atoms with E-state index in [9.17, 15) is 14.0 Å². The molecule has 7 heteroatoms. The maximum atomic E-state index is 13.3. The predicted molar refractivity (Wildman–Crippen MR) is 120 cm³/mol. The summed E-state index contributed by atoms with van der Waals surface area (Å²) in [4.78, 5) is 24.2. The Bertz CT molecular complexity index is 1040. The van der Waals surface area contributed by atoms with Crippen LogP contribution in [0.2, 0.25) is 0 Å². The standard InChI is InChI=1S/C24H22BrFN2O3/c25-22-10-9-19(26)14-21(22)24(30)27-12-11-23(29)28-15-18-7-4-8-20(13-18)31-16-17-5-2-1-3-6-17/h1-10,13-14H,11-12,15-16H2,(H,27,30)(H,28,29). The van der Waals surface area contributed by atoms with Gasteiger partial charge in [-0.2, -0.15) is 0 Å².